The summed E-state index contributed by atoms with van der Waals surface area (Å²) < 4.78 is 1.69. The van der Waals surface area contributed by atoms with Gasteiger partial charge in [0.05, 0.1) is 5.69 Å². The third-order valence-corrected chi connectivity index (χ3v) is 4.49. The molecule has 1 saturated heterocycles. The van der Waals surface area contributed by atoms with Crippen LogP contribution in [0.3, 0.4) is 0 Å². The molecule has 134 valence electrons. The summed E-state index contributed by atoms with van der Waals surface area (Å²) in [6.45, 7) is 6.72. The van der Waals surface area contributed by atoms with Gasteiger partial charge in [0.1, 0.15) is 12.0 Å². The second kappa shape index (κ2) is 6.66. The molecule has 1 amide bonds. The van der Waals surface area contributed by atoms with Crippen molar-refractivity contribution in [2.75, 3.05) is 31.1 Å². The minimum absolute atomic E-state index is 0.0777. The number of aromatic nitrogens is 6. The van der Waals surface area contributed by atoms with Gasteiger partial charge in [-0.2, -0.15) is 10.1 Å². The molecule has 0 unspecified atom stereocenters. The predicted octanol–water partition coefficient (Wildman–Crippen LogP) is 1.00. The van der Waals surface area contributed by atoms with Crippen molar-refractivity contribution < 1.29 is 4.79 Å². The zero-order chi connectivity index (χ0) is 18.1. The van der Waals surface area contributed by atoms with Crippen LogP contribution in [-0.4, -0.2) is 66.5 Å². The SMILES string of the molecule is CC(C)c1cc(C(=O)N2CCN(c3ncccn3)CC2)nc2ncnn12. The first kappa shape index (κ1) is 16.4. The first-order valence-corrected chi connectivity index (χ1v) is 8.65. The molecular formula is C17H20N8O. The zero-order valence-electron chi connectivity index (χ0n) is 14.8. The first-order chi connectivity index (χ1) is 12.6. The predicted molar refractivity (Wildman–Crippen MR) is 95.0 cm³/mol. The van der Waals surface area contributed by atoms with Gasteiger partial charge in [0, 0.05) is 38.6 Å². The second-order valence-electron chi connectivity index (χ2n) is 6.52. The third-order valence-electron chi connectivity index (χ3n) is 4.49. The molecule has 0 spiro atoms. The van der Waals surface area contributed by atoms with Gasteiger partial charge < -0.3 is 9.80 Å². The van der Waals surface area contributed by atoms with Crippen molar-refractivity contribution in [3.05, 3.63) is 42.2 Å². The number of piperazine rings is 1. The molecule has 3 aromatic rings. The molecule has 4 rings (SSSR count). The van der Waals surface area contributed by atoms with Crippen LogP contribution < -0.4 is 4.90 Å². The van der Waals surface area contributed by atoms with Gasteiger partial charge in [-0.15, -0.1) is 0 Å². The Labute approximate surface area is 150 Å². The van der Waals surface area contributed by atoms with Crippen molar-refractivity contribution in [3.8, 4) is 0 Å². The summed E-state index contributed by atoms with van der Waals surface area (Å²) >= 11 is 0. The maximum Gasteiger partial charge on any atom is 0.272 e. The highest BCUT2D eigenvalue weighted by Gasteiger charge is 2.25. The normalized spacial score (nSPS) is 15.0. The van der Waals surface area contributed by atoms with E-state index in [0.29, 0.717) is 43.6 Å². The van der Waals surface area contributed by atoms with Crippen molar-refractivity contribution >= 4 is 17.6 Å². The second-order valence-corrected chi connectivity index (χ2v) is 6.52. The lowest BCUT2D eigenvalue weighted by Crippen LogP contribution is -2.49. The van der Waals surface area contributed by atoms with E-state index in [1.54, 1.807) is 23.0 Å². The number of fused-ring (bicyclic) bond motifs is 1. The van der Waals surface area contributed by atoms with E-state index in [1.165, 1.54) is 6.33 Å². The van der Waals surface area contributed by atoms with Crippen molar-refractivity contribution in [3.63, 3.8) is 0 Å². The highest BCUT2D eigenvalue weighted by atomic mass is 16.2. The van der Waals surface area contributed by atoms with E-state index in [2.05, 4.69) is 43.8 Å². The van der Waals surface area contributed by atoms with Crippen molar-refractivity contribution in [2.24, 2.45) is 0 Å². The van der Waals surface area contributed by atoms with Gasteiger partial charge in [0.2, 0.25) is 5.95 Å². The van der Waals surface area contributed by atoms with Crippen molar-refractivity contribution in [1.29, 1.82) is 0 Å². The van der Waals surface area contributed by atoms with Crippen LogP contribution in [0, 0.1) is 0 Å². The van der Waals surface area contributed by atoms with E-state index < -0.39 is 0 Å². The Hall–Kier alpha value is -3.10. The quantitative estimate of drug-likeness (QED) is 0.694. The average molecular weight is 352 g/mol. The van der Waals surface area contributed by atoms with Gasteiger partial charge in [-0.05, 0) is 18.1 Å². The minimum atomic E-state index is -0.0777. The first-order valence-electron chi connectivity index (χ1n) is 8.65. The fraction of sp³-hybridized carbons (Fsp3) is 0.412. The van der Waals surface area contributed by atoms with Crippen molar-refractivity contribution in [2.45, 2.75) is 19.8 Å². The maximum atomic E-state index is 12.9. The average Bonchev–Trinajstić information content (AvgIpc) is 3.16. The summed E-state index contributed by atoms with van der Waals surface area (Å²) in [4.78, 5) is 33.9. The van der Waals surface area contributed by atoms with Crippen LogP contribution in [0.5, 0.6) is 0 Å². The van der Waals surface area contributed by atoms with Crippen LogP contribution in [0.15, 0.2) is 30.9 Å². The number of anilines is 1. The third kappa shape index (κ3) is 2.96. The number of carbonyl (C=O) groups is 1. The molecule has 4 heterocycles. The number of carbonyl (C=O) groups excluding carboxylic acids is 1. The molecule has 0 aliphatic carbocycles. The summed E-state index contributed by atoms with van der Waals surface area (Å²) in [7, 11) is 0. The molecule has 9 heteroatoms. The molecule has 0 N–H and O–H groups in total. The Morgan fingerprint density at radius 3 is 2.50 bits per heavy atom. The lowest BCUT2D eigenvalue weighted by Gasteiger charge is -2.34. The Morgan fingerprint density at radius 2 is 1.81 bits per heavy atom. The molecule has 0 atom stereocenters. The number of hydrogen-bond donors (Lipinski definition) is 0. The summed E-state index contributed by atoms with van der Waals surface area (Å²) in [5.41, 5.74) is 1.34. The number of amides is 1. The number of rotatable bonds is 3. The largest absolute Gasteiger partial charge is 0.337 e. The summed E-state index contributed by atoms with van der Waals surface area (Å²) in [6.07, 6.45) is 4.91. The molecule has 26 heavy (non-hydrogen) atoms. The topological polar surface area (TPSA) is 92.4 Å². The molecule has 9 nitrogen and oxygen atoms in total. The summed E-state index contributed by atoms with van der Waals surface area (Å²) in [6, 6.07) is 3.61. The molecule has 1 aliphatic heterocycles. The zero-order valence-corrected chi connectivity index (χ0v) is 14.8. The van der Waals surface area contributed by atoms with Gasteiger partial charge >= 0.3 is 0 Å². The molecule has 1 aliphatic rings. The highest BCUT2D eigenvalue weighted by molar-refractivity contribution is 5.93. The lowest BCUT2D eigenvalue weighted by molar-refractivity contribution is 0.0740. The van der Waals surface area contributed by atoms with E-state index in [9.17, 15) is 4.79 Å². The van der Waals surface area contributed by atoms with Crippen LogP contribution in [0.25, 0.3) is 5.78 Å². The highest BCUT2D eigenvalue weighted by Crippen LogP contribution is 2.18. The number of nitrogens with zero attached hydrogens (tertiary/aromatic N) is 8. The monoisotopic (exact) mass is 352 g/mol. The molecule has 3 aromatic heterocycles. The van der Waals surface area contributed by atoms with Crippen LogP contribution in [0.2, 0.25) is 0 Å². The van der Waals surface area contributed by atoms with E-state index in [-0.39, 0.29) is 11.8 Å². The summed E-state index contributed by atoms with van der Waals surface area (Å²) in [5.74, 6) is 1.28. The summed E-state index contributed by atoms with van der Waals surface area (Å²) in [5, 5.41) is 4.19. The fourth-order valence-electron chi connectivity index (χ4n) is 3.08. The van der Waals surface area contributed by atoms with E-state index in [0.717, 1.165) is 5.69 Å². The Bertz CT molecular complexity index is 915. The van der Waals surface area contributed by atoms with E-state index in [4.69, 9.17) is 0 Å². The Morgan fingerprint density at radius 1 is 1.08 bits per heavy atom. The molecule has 0 aromatic carbocycles. The minimum Gasteiger partial charge on any atom is -0.337 e. The van der Waals surface area contributed by atoms with Gasteiger partial charge in [-0.1, -0.05) is 13.8 Å². The van der Waals surface area contributed by atoms with E-state index >= 15 is 0 Å². The van der Waals surface area contributed by atoms with Gasteiger partial charge in [0.15, 0.2) is 0 Å². The Balaban J connectivity index is 1.53. The molecule has 1 fully saturated rings. The van der Waals surface area contributed by atoms with Gasteiger partial charge in [-0.25, -0.2) is 19.5 Å². The van der Waals surface area contributed by atoms with Gasteiger partial charge in [-0.3, -0.25) is 4.79 Å². The van der Waals surface area contributed by atoms with Crippen LogP contribution >= 0.6 is 0 Å². The standard InChI is InChI=1S/C17H20N8O/c1-12(2)14-10-13(22-17-20-11-21-25(14)17)15(26)23-6-8-24(9-7-23)16-18-4-3-5-19-16/h3-5,10-12H,6-9H2,1-2H3. The molecule has 0 saturated carbocycles. The number of hydrogen-bond acceptors (Lipinski definition) is 7. The molecule has 0 bridgehead atoms. The van der Waals surface area contributed by atoms with Crippen LogP contribution in [-0.2, 0) is 0 Å². The van der Waals surface area contributed by atoms with Crippen LogP contribution in [0.4, 0.5) is 5.95 Å². The maximum absolute atomic E-state index is 12.9. The fourth-order valence-corrected chi connectivity index (χ4v) is 3.08. The Kier molecular flexibility index (Phi) is 4.19. The lowest BCUT2D eigenvalue weighted by atomic mass is 10.1. The van der Waals surface area contributed by atoms with Gasteiger partial charge in [0.25, 0.3) is 11.7 Å². The van der Waals surface area contributed by atoms with Crippen molar-refractivity contribution in [1.82, 2.24) is 34.4 Å². The molecule has 0 radical (unpaired) electrons. The van der Waals surface area contributed by atoms with E-state index in [1.807, 2.05) is 11.0 Å². The van der Waals surface area contributed by atoms with Crippen LogP contribution in [0.1, 0.15) is 35.9 Å². The molecular weight excluding hydrogens is 332 g/mol. The smallest absolute Gasteiger partial charge is 0.272 e.